The van der Waals surface area contributed by atoms with E-state index in [2.05, 4.69) is 15.6 Å². The minimum Gasteiger partial charge on any atom is -0.439 e. The molecule has 0 spiro atoms. The molecule has 0 aliphatic carbocycles. The Kier molecular flexibility index (Phi) is 9.97. The molecule has 0 saturated heterocycles. The molecule has 5 nitrogen and oxygen atoms in total. The molecule has 2 aromatic rings. The highest BCUT2D eigenvalue weighted by atomic mass is 35.5. The predicted molar refractivity (Wildman–Crippen MR) is 97.0 cm³/mol. The van der Waals surface area contributed by atoms with Crippen molar-refractivity contribution in [1.29, 1.82) is 0 Å². The van der Waals surface area contributed by atoms with Crippen molar-refractivity contribution in [2.75, 3.05) is 18.9 Å². The largest absolute Gasteiger partial charge is 0.439 e. The summed E-state index contributed by atoms with van der Waals surface area (Å²) in [4.78, 5) is 16.1. The zero-order valence-corrected chi connectivity index (χ0v) is 14.6. The topological polar surface area (TPSA) is 63.2 Å². The molecule has 2 rings (SSSR count). The summed E-state index contributed by atoms with van der Waals surface area (Å²) in [5, 5.41) is 5.86. The second-order valence-corrected chi connectivity index (χ2v) is 4.75. The molecule has 1 atom stereocenters. The highest BCUT2D eigenvalue weighted by Gasteiger charge is 2.12. The van der Waals surface area contributed by atoms with Crippen LogP contribution >= 0.6 is 24.8 Å². The fraction of sp³-hybridized carbons (Fsp3) is 0.250. The van der Waals surface area contributed by atoms with E-state index >= 15 is 0 Å². The van der Waals surface area contributed by atoms with Gasteiger partial charge in [-0.1, -0.05) is 19.1 Å². The van der Waals surface area contributed by atoms with Gasteiger partial charge in [0.25, 0.3) is 0 Å². The number of aromatic nitrogens is 1. The van der Waals surface area contributed by atoms with Crippen LogP contribution in [0.3, 0.4) is 0 Å². The van der Waals surface area contributed by atoms with Gasteiger partial charge in [0, 0.05) is 36.5 Å². The molecule has 7 heteroatoms. The van der Waals surface area contributed by atoms with Crippen LogP contribution in [-0.2, 0) is 4.79 Å². The molecule has 0 fully saturated rings. The number of hydrogen-bond donors (Lipinski definition) is 2. The number of anilines is 1. The van der Waals surface area contributed by atoms with E-state index in [1.54, 1.807) is 18.3 Å². The molecule has 0 bridgehead atoms. The molecule has 1 unspecified atom stereocenters. The predicted octanol–water partition coefficient (Wildman–Crippen LogP) is 3.51. The Morgan fingerprint density at radius 3 is 2.65 bits per heavy atom. The Morgan fingerprint density at radius 1 is 1.22 bits per heavy atom. The molecule has 23 heavy (non-hydrogen) atoms. The Morgan fingerprint density at radius 2 is 2.00 bits per heavy atom. The van der Waals surface area contributed by atoms with Crippen molar-refractivity contribution in [3.05, 3.63) is 48.7 Å². The van der Waals surface area contributed by atoms with Gasteiger partial charge in [-0.15, -0.1) is 24.8 Å². The summed E-state index contributed by atoms with van der Waals surface area (Å²) < 4.78 is 5.63. The summed E-state index contributed by atoms with van der Waals surface area (Å²) in [6, 6.07) is 12.7. The van der Waals surface area contributed by atoms with Crippen molar-refractivity contribution in [2.24, 2.45) is 5.92 Å². The van der Waals surface area contributed by atoms with E-state index in [1.165, 1.54) is 0 Å². The van der Waals surface area contributed by atoms with Gasteiger partial charge in [0.1, 0.15) is 5.75 Å². The number of nitrogens with one attached hydrogen (secondary N) is 2. The summed E-state index contributed by atoms with van der Waals surface area (Å²) in [6.07, 6.45) is 1.67. The Hall–Kier alpha value is -1.82. The van der Waals surface area contributed by atoms with Crippen LogP contribution in [0.5, 0.6) is 11.6 Å². The lowest BCUT2D eigenvalue weighted by molar-refractivity contribution is -0.119. The van der Waals surface area contributed by atoms with Gasteiger partial charge in [-0.2, -0.15) is 0 Å². The Labute approximate surface area is 148 Å². The van der Waals surface area contributed by atoms with E-state index in [9.17, 15) is 4.79 Å². The van der Waals surface area contributed by atoms with Crippen LogP contribution < -0.4 is 15.4 Å². The van der Waals surface area contributed by atoms with Gasteiger partial charge >= 0.3 is 0 Å². The minimum absolute atomic E-state index is 0. The number of ether oxygens (including phenoxy) is 1. The van der Waals surface area contributed by atoms with Crippen LogP contribution in [0, 0.1) is 5.92 Å². The number of halogens is 2. The SMILES string of the molecule is CNCC(C)C(=O)Nc1cccc(Oc2ccccn2)c1.Cl.Cl. The van der Waals surface area contributed by atoms with E-state index in [1.807, 2.05) is 44.3 Å². The van der Waals surface area contributed by atoms with Gasteiger partial charge in [-0.25, -0.2) is 4.98 Å². The van der Waals surface area contributed by atoms with Gasteiger partial charge in [0.15, 0.2) is 0 Å². The number of nitrogens with zero attached hydrogens (tertiary/aromatic N) is 1. The number of benzene rings is 1. The van der Waals surface area contributed by atoms with Gasteiger partial charge < -0.3 is 15.4 Å². The number of amides is 1. The van der Waals surface area contributed by atoms with E-state index in [-0.39, 0.29) is 36.6 Å². The number of hydrogen-bond acceptors (Lipinski definition) is 4. The molecule has 0 radical (unpaired) electrons. The first kappa shape index (κ1) is 21.2. The van der Waals surface area contributed by atoms with Crippen molar-refractivity contribution in [3.8, 4) is 11.6 Å². The third-order valence-corrected chi connectivity index (χ3v) is 2.92. The lowest BCUT2D eigenvalue weighted by Gasteiger charge is -2.12. The number of pyridine rings is 1. The first-order chi connectivity index (χ1) is 10.2. The molecular weight excluding hydrogens is 337 g/mol. The molecule has 2 N–H and O–H groups in total. The van der Waals surface area contributed by atoms with Crippen LogP contribution in [-0.4, -0.2) is 24.5 Å². The highest BCUT2D eigenvalue weighted by molar-refractivity contribution is 5.92. The Balaban J connectivity index is 0.00000242. The minimum atomic E-state index is -0.102. The van der Waals surface area contributed by atoms with Crippen LogP contribution in [0.15, 0.2) is 48.7 Å². The van der Waals surface area contributed by atoms with E-state index in [0.717, 1.165) is 0 Å². The fourth-order valence-corrected chi connectivity index (χ4v) is 1.83. The van der Waals surface area contributed by atoms with Gasteiger partial charge in [-0.05, 0) is 25.2 Å². The van der Waals surface area contributed by atoms with Crippen molar-refractivity contribution < 1.29 is 9.53 Å². The molecule has 1 aromatic carbocycles. The molecule has 0 aliphatic rings. The molecule has 1 amide bonds. The zero-order valence-electron chi connectivity index (χ0n) is 13.0. The standard InChI is InChI=1S/C16H19N3O2.2ClH/c1-12(11-17-2)16(20)19-13-6-5-7-14(10-13)21-15-8-3-4-9-18-15;;/h3-10,12,17H,11H2,1-2H3,(H,19,20);2*1H. The van der Waals surface area contributed by atoms with Crippen molar-refractivity contribution in [1.82, 2.24) is 10.3 Å². The van der Waals surface area contributed by atoms with Crippen LogP contribution in [0.4, 0.5) is 5.69 Å². The van der Waals surface area contributed by atoms with E-state index < -0.39 is 0 Å². The first-order valence-electron chi connectivity index (χ1n) is 6.83. The first-order valence-corrected chi connectivity index (χ1v) is 6.83. The normalized spacial score (nSPS) is 10.7. The van der Waals surface area contributed by atoms with Gasteiger partial charge in [0.2, 0.25) is 11.8 Å². The smallest absolute Gasteiger partial charge is 0.228 e. The number of rotatable bonds is 6. The van der Waals surface area contributed by atoms with Gasteiger partial charge in [-0.3, -0.25) is 4.79 Å². The van der Waals surface area contributed by atoms with Crippen LogP contribution in [0.25, 0.3) is 0 Å². The van der Waals surface area contributed by atoms with Gasteiger partial charge in [0.05, 0.1) is 0 Å². The summed E-state index contributed by atoms with van der Waals surface area (Å²) in [7, 11) is 1.82. The quantitative estimate of drug-likeness (QED) is 0.830. The summed E-state index contributed by atoms with van der Waals surface area (Å²) in [6.45, 7) is 2.51. The Bertz CT molecular complexity index is 597. The second kappa shape index (κ2) is 10.8. The molecule has 1 aromatic heterocycles. The molecule has 0 saturated carbocycles. The number of carbonyl (C=O) groups is 1. The summed E-state index contributed by atoms with van der Waals surface area (Å²) >= 11 is 0. The summed E-state index contributed by atoms with van der Waals surface area (Å²) in [5.74, 6) is 1.02. The lowest BCUT2D eigenvalue weighted by atomic mass is 10.1. The average Bonchev–Trinajstić information content (AvgIpc) is 2.49. The maximum absolute atomic E-state index is 12.0. The lowest BCUT2D eigenvalue weighted by Crippen LogP contribution is -2.28. The second-order valence-electron chi connectivity index (χ2n) is 4.75. The molecule has 1 heterocycles. The molecule has 0 aliphatic heterocycles. The summed E-state index contributed by atoms with van der Waals surface area (Å²) in [5.41, 5.74) is 0.705. The molecule has 126 valence electrons. The highest BCUT2D eigenvalue weighted by Crippen LogP contribution is 2.22. The number of carbonyl (C=O) groups excluding carboxylic acids is 1. The third kappa shape index (κ3) is 6.86. The maximum atomic E-state index is 12.0. The van der Waals surface area contributed by atoms with Crippen molar-refractivity contribution in [3.63, 3.8) is 0 Å². The van der Waals surface area contributed by atoms with Crippen molar-refractivity contribution >= 4 is 36.4 Å². The van der Waals surface area contributed by atoms with Crippen LogP contribution in [0.1, 0.15) is 6.92 Å². The van der Waals surface area contributed by atoms with E-state index in [0.29, 0.717) is 23.9 Å². The van der Waals surface area contributed by atoms with E-state index in [4.69, 9.17) is 4.74 Å². The third-order valence-electron chi connectivity index (χ3n) is 2.92. The maximum Gasteiger partial charge on any atom is 0.228 e. The van der Waals surface area contributed by atoms with Crippen LogP contribution in [0.2, 0.25) is 0 Å². The zero-order chi connectivity index (χ0) is 15.1. The monoisotopic (exact) mass is 357 g/mol. The average molecular weight is 358 g/mol. The fourth-order valence-electron chi connectivity index (χ4n) is 1.83. The van der Waals surface area contributed by atoms with Crippen molar-refractivity contribution in [2.45, 2.75) is 6.92 Å². The molecular formula is C16H21Cl2N3O2.